The molecule has 0 unspecified atom stereocenters. The number of amides is 1. The molecule has 2 rings (SSSR count). The Morgan fingerprint density at radius 1 is 1.04 bits per heavy atom. The van der Waals surface area contributed by atoms with E-state index in [2.05, 4.69) is 5.92 Å². The van der Waals surface area contributed by atoms with Gasteiger partial charge in [0.1, 0.15) is 5.60 Å². The van der Waals surface area contributed by atoms with Gasteiger partial charge < -0.3 is 4.74 Å². The number of terminal acetylenes is 1. The van der Waals surface area contributed by atoms with Crippen LogP contribution in [-0.2, 0) is 17.8 Å². The number of benzene rings is 2. The Morgan fingerprint density at radius 3 is 2.29 bits per heavy atom. The third kappa shape index (κ3) is 5.17. The van der Waals surface area contributed by atoms with Gasteiger partial charge in [-0.05, 0) is 38.0 Å². The summed E-state index contributed by atoms with van der Waals surface area (Å²) in [6.45, 7) is 6.46. The lowest BCUT2D eigenvalue weighted by atomic mass is 10.1. The van der Waals surface area contributed by atoms with Crippen LogP contribution in [0.2, 0.25) is 0 Å². The highest BCUT2D eigenvalue weighted by Gasteiger charge is 2.23. The van der Waals surface area contributed by atoms with Crippen molar-refractivity contribution in [1.29, 1.82) is 0 Å². The first-order valence-corrected chi connectivity index (χ1v) is 7.95. The van der Waals surface area contributed by atoms with Crippen LogP contribution in [0.15, 0.2) is 54.6 Å². The van der Waals surface area contributed by atoms with E-state index in [0.717, 1.165) is 16.7 Å². The minimum Gasteiger partial charge on any atom is -0.444 e. The average molecular weight is 321 g/mol. The van der Waals surface area contributed by atoms with E-state index in [0.29, 0.717) is 13.1 Å². The normalized spacial score (nSPS) is 10.8. The second-order valence-electron chi connectivity index (χ2n) is 6.62. The summed E-state index contributed by atoms with van der Waals surface area (Å²) in [6.07, 6.45) is 5.22. The fraction of sp³-hybridized carbons (Fsp3) is 0.286. The van der Waals surface area contributed by atoms with E-state index in [4.69, 9.17) is 11.2 Å². The van der Waals surface area contributed by atoms with Crippen LogP contribution < -0.4 is 0 Å². The zero-order valence-corrected chi connectivity index (χ0v) is 14.5. The van der Waals surface area contributed by atoms with Crippen LogP contribution in [0.3, 0.4) is 0 Å². The highest BCUT2D eigenvalue weighted by molar-refractivity contribution is 5.68. The van der Waals surface area contributed by atoms with Crippen LogP contribution in [0.25, 0.3) is 0 Å². The van der Waals surface area contributed by atoms with Gasteiger partial charge in [-0.1, -0.05) is 54.5 Å². The number of hydrogen-bond acceptors (Lipinski definition) is 2. The Hall–Kier alpha value is -2.73. The first-order valence-electron chi connectivity index (χ1n) is 7.95. The maximum Gasteiger partial charge on any atom is 0.410 e. The molecule has 0 saturated heterocycles. The van der Waals surface area contributed by atoms with Crippen LogP contribution in [0.5, 0.6) is 0 Å². The molecule has 0 heterocycles. The fourth-order valence-electron chi connectivity index (χ4n) is 2.32. The van der Waals surface area contributed by atoms with Gasteiger partial charge >= 0.3 is 6.09 Å². The highest BCUT2D eigenvalue weighted by Crippen LogP contribution is 2.17. The summed E-state index contributed by atoms with van der Waals surface area (Å²) in [6, 6.07) is 17.5. The Kier molecular flexibility index (Phi) is 5.65. The van der Waals surface area contributed by atoms with E-state index in [-0.39, 0.29) is 6.09 Å². The van der Waals surface area contributed by atoms with Gasteiger partial charge in [0.25, 0.3) is 0 Å². The Bertz CT molecular complexity index is 723. The van der Waals surface area contributed by atoms with Crippen molar-refractivity contribution in [3.8, 4) is 12.3 Å². The van der Waals surface area contributed by atoms with Crippen molar-refractivity contribution in [2.24, 2.45) is 0 Å². The van der Waals surface area contributed by atoms with Crippen LogP contribution >= 0.6 is 0 Å². The van der Waals surface area contributed by atoms with E-state index in [9.17, 15) is 4.79 Å². The minimum absolute atomic E-state index is 0.349. The molecule has 0 saturated carbocycles. The molecule has 0 N–H and O–H groups in total. The molecule has 124 valence electrons. The van der Waals surface area contributed by atoms with E-state index in [1.165, 1.54) is 0 Å². The first-order chi connectivity index (χ1) is 11.4. The maximum absolute atomic E-state index is 12.6. The quantitative estimate of drug-likeness (QED) is 0.770. The molecule has 0 atom stereocenters. The van der Waals surface area contributed by atoms with Crippen molar-refractivity contribution < 1.29 is 9.53 Å². The first kappa shape index (κ1) is 17.6. The minimum atomic E-state index is -0.544. The van der Waals surface area contributed by atoms with Gasteiger partial charge in [-0.15, -0.1) is 6.42 Å². The molecule has 2 aromatic carbocycles. The third-order valence-electron chi connectivity index (χ3n) is 3.40. The topological polar surface area (TPSA) is 29.5 Å². The third-order valence-corrected chi connectivity index (χ3v) is 3.40. The molecule has 0 radical (unpaired) electrons. The van der Waals surface area contributed by atoms with E-state index in [1.54, 1.807) is 4.90 Å². The Labute approximate surface area is 144 Å². The maximum atomic E-state index is 12.6. The molecule has 2 aromatic rings. The molecule has 0 spiro atoms. The van der Waals surface area contributed by atoms with Crippen molar-refractivity contribution in [1.82, 2.24) is 4.90 Å². The smallest absolute Gasteiger partial charge is 0.410 e. The lowest BCUT2D eigenvalue weighted by molar-refractivity contribution is 0.0216. The number of carbonyl (C=O) groups excluding carboxylic acids is 1. The molecule has 0 fully saturated rings. The number of nitrogens with zero attached hydrogens (tertiary/aromatic N) is 1. The van der Waals surface area contributed by atoms with Gasteiger partial charge in [0.05, 0.1) is 6.54 Å². The van der Waals surface area contributed by atoms with Gasteiger partial charge in [0.2, 0.25) is 0 Å². The van der Waals surface area contributed by atoms with Gasteiger partial charge in [0.15, 0.2) is 0 Å². The summed E-state index contributed by atoms with van der Waals surface area (Å²) in [4.78, 5) is 14.3. The summed E-state index contributed by atoms with van der Waals surface area (Å²) >= 11 is 0. The van der Waals surface area contributed by atoms with E-state index >= 15 is 0 Å². The summed E-state index contributed by atoms with van der Waals surface area (Å²) < 4.78 is 5.55. The molecular formula is C21H23NO2. The monoisotopic (exact) mass is 321 g/mol. The second-order valence-corrected chi connectivity index (χ2v) is 6.62. The zero-order chi connectivity index (χ0) is 17.6. The standard InChI is InChI=1S/C21H23NO2/c1-5-18-13-9-10-14-19(18)16-22(20(23)24-21(2,3)4)15-17-11-7-6-8-12-17/h1,6-14H,15-16H2,2-4H3. The van der Waals surface area contributed by atoms with E-state index < -0.39 is 5.60 Å². The van der Waals surface area contributed by atoms with Crippen molar-refractivity contribution >= 4 is 6.09 Å². The van der Waals surface area contributed by atoms with Crippen LogP contribution in [0.4, 0.5) is 4.79 Å². The molecule has 0 aliphatic carbocycles. The molecule has 1 amide bonds. The summed E-state index contributed by atoms with van der Waals surface area (Å²) in [5.41, 5.74) is 2.22. The lowest BCUT2D eigenvalue weighted by Gasteiger charge is -2.28. The highest BCUT2D eigenvalue weighted by atomic mass is 16.6. The van der Waals surface area contributed by atoms with Crippen molar-refractivity contribution in [3.05, 3.63) is 71.3 Å². The summed E-state index contributed by atoms with van der Waals surface area (Å²) in [5.74, 6) is 2.67. The summed E-state index contributed by atoms with van der Waals surface area (Å²) in [7, 11) is 0. The lowest BCUT2D eigenvalue weighted by Crippen LogP contribution is -2.36. The van der Waals surface area contributed by atoms with Gasteiger partial charge in [-0.3, -0.25) is 4.90 Å². The number of carbonyl (C=O) groups is 1. The fourth-order valence-corrected chi connectivity index (χ4v) is 2.32. The number of ether oxygens (including phenoxy) is 1. The van der Waals surface area contributed by atoms with Crippen molar-refractivity contribution in [2.45, 2.75) is 39.5 Å². The summed E-state index contributed by atoms with van der Waals surface area (Å²) in [5, 5.41) is 0. The molecule has 0 aliphatic heterocycles. The van der Waals surface area contributed by atoms with Gasteiger partial charge in [0, 0.05) is 12.1 Å². The number of rotatable bonds is 4. The van der Waals surface area contributed by atoms with Gasteiger partial charge in [-0.25, -0.2) is 4.79 Å². The van der Waals surface area contributed by atoms with Crippen LogP contribution in [0.1, 0.15) is 37.5 Å². The largest absolute Gasteiger partial charge is 0.444 e. The molecule has 3 nitrogen and oxygen atoms in total. The second kappa shape index (κ2) is 7.70. The predicted octanol–water partition coefficient (Wildman–Crippen LogP) is 4.61. The predicted molar refractivity (Wildman–Crippen MR) is 96.3 cm³/mol. The molecule has 3 heteroatoms. The Balaban J connectivity index is 2.25. The van der Waals surface area contributed by atoms with Crippen molar-refractivity contribution in [2.75, 3.05) is 0 Å². The molecular weight excluding hydrogens is 298 g/mol. The van der Waals surface area contributed by atoms with Crippen LogP contribution in [-0.4, -0.2) is 16.6 Å². The van der Waals surface area contributed by atoms with Crippen molar-refractivity contribution in [3.63, 3.8) is 0 Å². The van der Waals surface area contributed by atoms with E-state index in [1.807, 2.05) is 75.4 Å². The Morgan fingerprint density at radius 2 is 1.67 bits per heavy atom. The molecule has 0 aliphatic rings. The molecule has 0 bridgehead atoms. The molecule has 0 aromatic heterocycles. The number of hydrogen-bond donors (Lipinski definition) is 0. The van der Waals surface area contributed by atoms with Crippen LogP contribution in [0, 0.1) is 12.3 Å². The SMILES string of the molecule is C#Cc1ccccc1CN(Cc1ccccc1)C(=O)OC(C)(C)C. The van der Waals surface area contributed by atoms with Gasteiger partial charge in [-0.2, -0.15) is 0 Å². The average Bonchev–Trinajstić information content (AvgIpc) is 2.54. The zero-order valence-electron chi connectivity index (χ0n) is 14.5. The molecule has 24 heavy (non-hydrogen) atoms.